The number of alkyl halides is 3. The summed E-state index contributed by atoms with van der Waals surface area (Å²) >= 11 is 0. The Kier molecular flexibility index (Phi) is 7.31. The van der Waals surface area contributed by atoms with Gasteiger partial charge in [0.2, 0.25) is 11.9 Å². The van der Waals surface area contributed by atoms with E-state index in [9.17, 15) is 13.2 Å². The number of ether oxygens (including phenoxy) is 3. The summed E-state index contributed by atoms with van der Waals surface area (Å²) in [6.07, 6.45) is 0.0948. The summed E-state index contributed by atoms with van der Waals surface area (Å²) in [5.41, 5.74) is 1.48. The highest BCUT2D eigenvalue weighted by Crippen LogP contribution is 2.23. The zero-order valence-corrected chi connectivity index (χ0v) is 18.0. The molecule has 0 radical (unpaired) electrons. The first kappa shape index (κ1) is 23.1. The van der Waals surface area contributed by atoms with E-state index in [-0.39, 0.29) is 11.9 Å². The van der Waals surface area contributed by atoms with Crippen LogP contribution < -0.4 is 24.8 Å². The number of nitrogens with one attached hydrogen (secondary N) is 2. The van der Waals surface area contributed by atoms with Crippen LogP contribution in [0.2, 0.25) is 0 Å². The van der Waals surface area contributed by atoms with E-state index in [4.69, 9.17) is 14.2 Å². The van der Waals surface area contributed by atoms with E-state index in [0.717, 1.165) is 17.7 Å². The van der Waals surface area contributed by atoms with Crippen molar-refractivity contribution in [1.82, 2.24) is 15.0 Å². The van der Waals surface area contributed by atoms with Crippen LogP contribution in [0.25, 0.3) is 0 Å². The fraction of sp³-hybridized carbons (Fsp3) is 0.261. The Morgan fingerprint density at radius 3 is 2.56 bits per heavy atom. The van der Waals surface area contributed by atoms with Gasteiger partial charge >= 0.3 is 12.2 Å². The molecule has 0 aliphatic carbocycles. The van der Waals surface area contributed by atoms with Crippen molar-refractivity contribution in [3.05, 3.63) is 66.2 Å². The Bertz CT molecular complexity index is 1120. The largest absolute Gasteiger partial charge is 0.493 e. The molecule has 2 aliphatic heterocycles. The van der Waals surface area contributed by atoms with Crippen LogP contribution in [-0.2, 0) is 6.54 Å². The molecule has 1 aromatic heterocycles. The van der Waals surface area contributed by atoms with Crippen LogP contribution in [0.4, 0.5) is 30.8 Å². The highest BCUT2D eigenvalue weighted by Gasteiger charge is 2.29. The number of halogens is 3. The molecule has 34 heavy (non-hydrogen) atoms. The first-order valence-electron chi connectivity index (χ1n) is 10.5. The maximum atomic E-state index is 12.6. The summed E-state index contributed by atoms with van der Waals surface area (Å²) in [5, 5.41) is 5.95. The molecule has 11 heteroatoms. The Balaban J connectivity index is 1.60. The monoisotopic (exact) mass is 473 g/mol. The molecule has 5 rings (SSSR count). The molecule has 8 nitrogen and oxygen atoms in total. The van der Waals surface area contributed by atoms with Gasteiger partial charge in [0.25, 0.3) is 0 Å². The molecule has 0 unspecified atom stereocenters. The third kappa shape index (κ3) is 7.26. The van der Waals surface area contributed by atoms with E-state index in [1.54, 1.807) is 24.3 Å². The van der Waals surface area contributed by atoms with Crippen LogP contribution >= 0.6 is 0 Å². The summed E-state index contributed by atoms with van der Waals surface area (Å²) in [4.78, 5) is 12.2. The van der Waals surface area contributed by atoms with E-state index >= 15 is 0 Å². The molecule has 0 spiro atoms. The Hall–Kier alpha value is -4.02. The highest BCUT2D eigenvalue weighted by molar-refractivity contribution is 5.56. The Morgan fingerprint density at radius 1 is 0.912 bits per heavy atom. The predicted octanol–water partition coefficient (Wildman–Crippen LogP) is 4.89. The number of benzene rings is 2. The molecule has 2 N–H and O–H groups in total. The summed E-state index contributed by atoms with van der Waals surface area (Å²) in [6.45, 7) is -0.294. The smallest absolute Gasteiger partial charge is 0.422 e. The van der Waals surface area contributed by atoms with Crippen LogP contribution in [0, 0.1) is 0 Å². The van der Waals surface area contributed by atoms with Gasteiger partial charge in [-0.15, -0.1) is 0 Å². The van der Waals surface area contributed by atoms with Gasteiger partial charge in [0.1, 0.15) is 18.1 Å². The van der Waals surface area contributed by atoms with Gasteiger partial charge in [-0.2, -0.15) is 28.1 Å². The topological polar surface area (TPSA) is 90.4 Å². The van der Waals surface area contributed by atoms with Gasteiger partial charge in [0, 0.05) is 18.3 Å². The van der Waals surface area contributed by atoms with Gasteiger partial charge in [-0.05, 0) is 36.2 Å². The number of rotatable bonds is 2. The van der Waals surface area contributed by atoms with Gasteiger partial charge < -0.3 is 24.8 Å². The zero-order valence-electron chi connectivity index (χ0n) is 18.0. The average Bonchev–Trinajstić information content (AvgIpc) is 2.81. The molecule has 0 saturated carbocycles. The van der Waals surface area contributed by atoms with Gasteiger partial charge in [-0.1, -0.05) is 30.4 Å². The quantitative estimate of drug-likeness (QED) is 0.509. The fourth-order valence-electron chi connectivity index (χ4n) is 2.95. The lowest BCUT2D eigenvalue weighted by Gasteiger charge is -2.13. The molecule has 0 atom stereocenters. The minimum absolute atomic E-state index is 0.0184. The molecule has 0 amide bonds. The van der Waals surface area contributed by atoms with E-state index in [2.05, 4.69) is 25.6 Å². The third-order valence-corrected chi connectivity index (χ3v) is 4.51. The van der Waals surface area contributed by atoms with Crippen molar-refractivity contribution < 1.29 is 27.4 Å². The molecular formula is C23H22F3N5O3. The Labute approximate surface area is 193 Å². The van der Waals surface area contributed by atoms with Crippen molar-refractivity contribution in [1.29, 1.82) is 0 Å². The minimum atomic E-state index is -4.53. The van der Waals surface area contributed by atoms with Crippen molar-refractivity contribution in [3.63, 3.8) is 0 Å². The van der Waals surface area contributed by atoms with Crippen LogP contribution in [0.1, 0.15) is 12.0 Å². The maximum Gasteiger partial charge on any atom is 0.422 e. The average molecular weight is 473 g/mol. The fourth-order valence-corrected chi connectivity index (χ4v) is 2.95. The lowest BCUT2D eigenvalue weighted by molar-refractivity contribution is -0.154. The van der Waals surface area contributed by atoms with E-state index in [0.29, 0.717) is 31.2 Å². The normalized spacial score (nSPS) is 14.2. The van der Waals surface area contributed by atoms with Crippen molar-refractivity contribution in [3.8, 4) is 17.5 Å². The number of nitrogens with zero attached hydrogens (tertiary/aromatic N) is 3. The van der Waals surface area contributed by atoms with Crippen molar-refractivity contribution in [2.45, 2.75) is 19.1 Å². The van der Waals surface area contributed by atoms with Gasteiger partial charge in [-0.3, -0.25) is 0 Å². The number of hydrogen-bond acceptors (Lipinski definition) is 8. The zero-order chi connectivity index (χ0) is 23.8. The minimum Gasteiger partial charge on any atom is -0.493 e. The number of anilines is 3. The molecule has 2 aromatic carbocycles. The van der Waals surface area contributed by atoms with E-state index in [1.807, 2.05) is 36.4 Å². The Morgan fingerprint density at radius 2 is 1.74 bits per heavy atom. The highest BCUT2D eigenvalue weighted by atomic mass is 19.4. The van der Waals surface area contributed by atoms with Crippen molar-refractivity contribution in [2.24, 2.45) is 0 Å². The molecular weight excluding hydrogens is 451 g/mol. The molecule has 6 bridgehead atoms. The van der Waals surface area contributed by atoms with Crippen molar-refractivity contribution in [2.75, 3.05) is 30.5 Å². The van der Waals surface area contributed by atoms with E-state index in [1.165, 1.54) is 0 Å². The van der Waals surface area contributed by atoms with E-state index < -0.39 is 18.8 Å². The summed E-state index contributed by atoms with van der Waals surface area (Å²) in [7, 11) is 0. The van der Waals surface area contributed by atoms with Crippen LogP contribution in [0.3, 0.4) is 0 Å². The summed E-state index contributed by atoms with van der Waals surface area (Å²) in [6, 6.07) is 14.0. The van der Waals surface area contributed by atoms with Gasteiger partial charge in [0.15, 0.2) is 6.61 Å². The van der Waals surface area contributed by atoms with Crippen LogP contribution in [0.5, 0.6) is 17.5 Å². The predicted molar refractivity (Wildman–Crippen MR) is 120 cm³/mol. The van der Waals surface area contributed by atoms with Gasteiger partial charge in [0.05, 0.1) is 6.61 Å². The second-order valence-electron chi connectivity index (χ2n) is 7.24. The number of fused-ring (bicyclic) bond motifs is 8. The molecule has 3 aromatic rings. The lowest BCUT2D eigenvalue weighted by Crippen LogP contribution is -2.21. The summed E-state index contributed by atoms with van der Waals surface area (Å²) < 4.78 is 54.1. The maximum absolute atomic E-state index is 12.6. The third-order valence-electron chi connectivity index (χ3n) is 4.51. The van der Waals surface area contributed by atoms with Crippen molar-refractivity contribution >= 4 is 17.6 Å². The SMILES string of the molecule is FC(F)(F)COc1nc2nc(n1)Nc1cccc(c1)OCC=CCCOc1ccc(cc1)CN2. The summed E-state index contributed by atoms with van der Waals surface area (Å²) in [5.74, 6) is 1.40. The molecule has 0 saturated heterocycles. The molecule has 2 aliphatic rings. The molecule has 178 valence electrons. The second kappa shape index (κ2) is 10.7. The number of hydrogen-bond donors (Lipinski definition) is 2. The number of aromatic nitrogens is 3. The van der Waals surface area contributed by atoms with Crippen LogP contribution in [-0.4, -0.2) is 40.9 Å². The standard InChI is InChI=1S/C23H22F3N5O3/c24-23(25,26)15-34-22-30-20-27-14-16-7-9-18(10-8-16)32-11-2-1-3-12-33-19-6-4-5-17(13-19)28-21(29-20)31-22/h1,3-10,13H,2,11-12,14-15H2,(H2,27,28,29,30,31). The lowest BCUT2D eigenvalue weighted by atomic mass is 10.2. The second-order valence-corrected chi connectivity index (χ2v) is 7.24. The molecule has 3 heterocycles. The molecule has 0 fully saturated rings. The van der Waals surface area contributed by atoms with Gasteiger partial charge in [-0.25, -0.2) is 0 Å². The first-order valence-corrected chi connectivity index (χ1v) is 10.5. The first-order chi connectivity index (χ1) is 16.4. The van der Waals surface area contributed by atoms with Crippen LogP contribution in [0.15, 0.2) is 60.7 Å².